The third kappa shape index (κ3) is 3.99. The number of nitro benzene ring substituents is 1. The van der Waals surface area contributed by atoms with Crippen LogP contribution in [0.3, 0.4) is 0 Å². The van der Waals surface area contributed by atoms with Crippen LogP contribution in [0.5, 0.6) is 0 Å². The van der Waals surface area contributed by atoms with Gasteiger partial charge in [0.2, 0.25) is 10.0 Å². The van der Waals surface area contributed by atoms with Crippen LogP contribution >= 0.6 is 0 Å². The maximum Gasteiger partial charge on any atom is 0.273 e. The summed E-state index contributed by atoms with van der Waals surface area (Å²) in [5.74, 6) is 0. The minimum absolute atomic E-state index is 0.0424. The molecular formula is C12H19N3O4S. The first-order valence-corrected chi connectivity index (χ1v) is 7.68. The Morgan fingerprint density at radius 1 is 1.20 bits per heavy atom. The molecule has 0 spiro atoms. The first-order chi connectivity index (χ1) is 9.29. The van der Waals surface area contributed by atoms with E-state index in [1.165, 1.54) is 6.07 Å². The number of hydrogen-bond donors (Lipinski definition) is 2. The second kappa shape index (κ2) is 6.78. The van der Waals surface area contributed by atoms with Gasteiger partial charge in [-0.3, -0.25) is 10.1 Å². The third-order valence-corrected chi connectivity index (χ3v) is 4.48. The van der Waals surface area contributed by atoms with Crippen LogP contribution in [0.1, 0.15) is 17.5 Å². The van der Waals surface area contributed by atoms with Crippen LogP contribution in [0.25, 0.3) is 0 Å². The molecule has 20 heavy (non-hydrogen) atoms. The van der Waals surface area contributed by atoms with Crippen molar-refractivity contribution in [1.29, 1.82) is 0 Å². The Bertz CT molecular complexity index is 599. The summed E-state index contributed by atoms with van der Waals surface area (Å²) in [5, 5.41) is 13.8. The molecule has 0 aliphatic rings. The number of hydrogen-bond acceptors (Lipinski definition) is 5. The van der Waals surface area contributed by atoms with Crippen LogP contribution in [0.2, 0.25) is 0 Å². The van der Waals surface area contributed by atoms with Crippen LogP contribution in [-0.2, 0) is 10.0 Å². The number of benzene rings is 1. The Hall–Kier alpha value is -1.51. The fourth-order valence-corrected chi connectivity index (χ4v) is 3.18. The first-order valence-electron chi connectivity index (χ1n) is 6.19. The maximum absolute atomic E-state index is 12.1. The first kappa shape index (κ1) is 16.5. The topological polar surface area (TPSA) is 101 Å². The average molecular weight is 301 g/mol. The smallest absolute Gasteiger partial charge is 0.273 e. The molecule has 0 saturated carbocycles. The molecule has 0 heterocycles. The summed E-state index contributed by atoms with van der Waals surface area (Å²) in [5.41, 5.74) is 0.752. The third-order valence-electron chi connectivity index (χ3n) is 2.88. The Balaban J connectivity index is 3.05. The molecule has 0 radical (unpaired) electrons. The van der Waals surface area contributed by atoms with Crippen molar-refractivity contribution in [3.8, 4) is 0 Å². The van der Waals surface area contributed by atoms with E-state index in [1.54, 1.807) is 20.9 Å². The van der Waals surface area contributed by atoms with Crippen LogP contribution < -0.4 is 10.0 Å². The molecule has 0 aliphatic carbocycles. The van der Waals surface area contributed by atoms with Crippen LogP contribution in [-0.4, -0.2) is 33.5 Å². The van der Waals surface area contributed by atoms with Crippen molar-refractivity contribution in [2.45, 2.75) is 25.2 Å². The van der Waals surface area contributed by atoms with Crippen molar-refractivity contribution in [1.82, 2.24) is 10.0 Å². The van der Waals surface area contributed by atoms with Gasteiger partial charge in [0.05, 0.1) is 9.82 Å². The second-order valence-electron chi connectivity index (χ2n) is 4.52. The highest BCUT2D eigenvalue weighted by Gasteiger charge is 2.22. The molecule has 0 fully saturated rings. The normalized spacial score (nSPS) is 11.6. The number of nitrogens with zero attached hydrogens (tertiary/aromatic N) is 1. The highest BCUT2D eigenvalue weighted by Crippen LogP contribution is 2.25. The predicted octanol–water partition coefficient (Wildman–Crippen LogP) is 1.10. The lowest BCUT2D eigenvalue weighted by atomic mass is 10.1. The van der Waals surface area contributed by atoms with Gasteiger partial charge in [0, 0.05) is 18.2 Å². The molecule has 0 aromatic heterocycles. The second-order valence-corrected chi connectivity index (χ2v) is 6.25. The zero-order valence-corrected chi connectivity index (χ0v) is 12.6. The van der Waals surface area contributed by atoms with E-state index in [4.69, 9.17) is 0 Å². The van der Waals surface area contributed by atoms with Gasteiger partial charge in [-0.05, 0) is 45.5 Å². The zero-order chi connectivity index (χ0) is 15.3. The number of aryl methyl sites for hydroxylation is 2. The van der Waals surface area contributed by atoms with Crippen LogP contribution in [0.15, 0.2) is 17.0 Å². The monoisotopic (exact) mass is 301 g/mol. The number of sulfonamides is 1. The van der Waals surface area contributed by atoms with Crippen molar-refractivity contribution in [2.75, 3.05) is 20.1 Å². The van der Waals surface area contributed by atoms with Crippen molar-refractivity contribution in [3.05, 3.63) is 33.4 Å². The Kier molecular flexibility index (Phi) is 5.61. The van der Waals surface area contributed by atoms with Gasteiger partial charge in [0.1, 0.15) is 0 Å². The summed E-state index contributed by atoms with van der Waals surface area (Å²) in [7, 11) is -1.95. The standard InChI is InChI=1S/C12H19N3O4S/c1-9-7-10(2)12(8-11(9)15(16)17)20(18,19)14-6-4-5-13-3/h7-8,13-14H,4-6H2,1-3H3. The Morgan fingerprint density at radius 2 is 1.85 bits per heavy atom. The highest BCUT2D eigenvalue weighted by atomic mass is 32.2. The van der Waals surface area contributed by atoms with Gasteiger partial charge >= 0.3 is 0 Å². The number of rotatable bonds is 7. The lowest BCUT2D eigenvalue weighted by Crippen LogP contribution is -2.27. The maximum atomic E-state index is 12.1. The van der Waals surface area contributed by atoms with E-state index in [0.29, 0.717) is 24.1 Å². The molecule has 0 aliphatic heterocycles. The molecule has 1 rings (SSSR count). The highest BCUT2D eigenvalue weighted by molar-refractivity contribution is 7.89. The van der Waals surface area contributed by atoms with Gasteiger partial charge in [0.25, 0.3) is 5.69 Å². The van der Waals surface area contributed by atoms with Gasteiger partial charge in [-0.1, -0.05) is 0 Å². The fraction of sp³-hybridized carbons (Fsp3) is 0.500. The summed E-state index contributed by atoms with van der Waals surface area (Å²) in [6.07, 6.45) is 0.642. The summed E-state index contributed by atoms with van der Waals surface area (Å²) >= 11 is 0. The van der Waals surface area contributed by atoms with Crippen molar-refractivity contribution >= 4 is 15.7 Å². The minimum Gasteiger partial charge on any atom is -0.320 e. The summed E-state index contributed by atoms with van der Waals surface area (Å²) in [6.45, 7) is 4.18. The number of nitrogens with one attached hydrogen (secondary N) is 2. The summed E-state index contributed by atoms with van der Waals surface area (Å²) in [6, 6.07) is 2.63. The zero-order valence-electron chi connectivity index (χ0n) is 11.8. The van der Waals surface area contributed by atoms with E-state index in [-0.39, 0.29) is 17.1 Å². The van der Waals surface area contributed by atoms with E-state index in [1.807, 2.05) is 0 Å². The molecule has 0 saturated heterocycles. The Morgan fingerprint density at radius 3 is 2.40 bits per heavy atom. The lowest BCUT2D eigenvalue weighted by molar-refractivity contribution is -0.385. The van der Waals surface area contributed by atoms with Gasteiger partial charge in [-0.2, -0.15) is 0 Å². The summed E-state index contributed by atoms with van der Waals surface area (Å²) in [4.78, 5) is 10.3. The molecule has 0 unspecified atom stereocenters. The minimum atomic E-state index is -3.73. The van der Waals surface area contributed by atoms with E-state index in [0.717, 1.165) is 6.07 Å². The molecular weight excluding hydrogens is 282 g/mol. The predicted molar refractivity (Wildman–Crippen MR) is 76.3 cm³/mol. The van der Waals surface area contributed by atoms with E-state index in [9.17, 15) is 18.5 Å². The van der Waals surface area contributed by atoms with Crippen LogP contribution in [0.4, 0.5) is 5.69 Å². The van der Waals surface area contributed by atoms with E-state index < -0.39 is 14.9 Å². The largest absolute Gasteiger partial charge is 0.320 e. The van der Waals surface area contributed by atoms with Crippen LogP contribution in [0, 0.1) is 24.0 Å². The Labute approximate surface area is 118 Å². The van der Waals surface area contributed by atoms with Gasteiger partial charge < -0.3 is 5.32 Å². The molecule has 0 bridgehead atoms. The molecule has 0 amide bonds. The average Bonchev–Trinajstić information content (AvgIpc) is 2.33. The van der Waals surface area contributed by atoms with Gasteiger partial charge in [0.15, 0.2) is 0 Å². The quantitative estimate of drug-likeness (QED) is 0.446. The van der Waals surface area contributed by atoms with Gasteiger partial charge in [-0.25, -0.2) is 13.1 Å². The van der Waals surface area contributed by atoms with Crippen molar-refractivity contribution in [2.24, 2.45) is 0 Å². The van der Waals surface area contributed by atoms with Crippen molar-refractivity contribution in [3.63, 3.8) is 0 Å². The molecule has 7 nitrogen and oxygen atoms in total. The molecule has 112 valence electrons. The molecule has 2 N–H and O–H groups in total. The van der Waals surface area contributed by atoms with E-state index >= 15 is 0 Å². The molecule has 1 aromatic rings. The lowest BCUT2D eigenvalue weighted by Gasteiger charge is -2.10. The molecule has 0 atom stereocenters. The van der Waals surface area contributed by atoms with Gasteiger partial charge in [-0.15, -0.1) is 0 Å². The van der Waals surface area contributed by atoms with E-state index in [2.05, 4.69) is 10.0 Å². The fourth-order valence-electron chi connectivity index (χ4n) is 1.86. The van der Waals surface area contributed by atoms with Crippen molar-refractivity contribution < 1.29 is 13.3 Å². The SMILES string of the molecule is CNCCCNS(=O)(=O)c1cc([N+](=O)[O-])c(C)cc1C. The molecule has 1 aromatic carbocycles. The molecule has 8 heteroatoms. The number of nitro groups is 1. The summed E-state index contributed by atoms with van der Waals surface area (Å²) < 4.78 is 26.7.